The van der Waals surface area contributed by atoms with E-state index in [1.54, 1.807) is 0 Å². The van der Waals surface area contributed by atoms with E-state index >= 15 is 0 Å². The van der Waals surface area contributed by atoms with E-state index in [0.717, 1.165) is 72.0 Å². The van der Waals surface area contributed by atoms with Gasteiger partial charge < -0.3 is 14.0 Å². The molecule has 13 aromatic carbocycles. The van der Waals surface area contributed by atoms with Crippen molar-refractivity contribution in [2.24, 2.45) is 0 Å². The Morgan fingerprint density at radius 3 is 0.966 bits per heavy atom. The molecule has 2 aromatic heterocycles. The molecule has 5 nitrogen and oxygen atoms in total. The molecule has 0 N–H and O–H groups in total. The van der Waals surface area contributed by atoms with Crippen molar-refractivity contribution in [3.05, 3.63) is 350 Å². The summed E-state index contributed by atoms with van der Waals surface area (Å²) in [6.45, 7) is 9.99. The van der Waals surface area contributed by atoms with Crippen LogP contribution in [0.25, 0.3) is 59.8 Å². The lowest BCUT2D eigenvalue weighted by Crippen LogP contribution is -2.74. The number of aryl methyl sites for hydroxylation is 1. The van der Waals surface area contributed by atoms with Crippen LogP contribution in [0.2, 0.25) is 0 Å². The number of rotatable bonds is 13. The van der Waals surface area contributed by atoms with E-state index in [0.29, 0.717) is 11.3 Å². The number of anilines is 3. The fourth-order valence-electron chi connectivity index (χ4n) is 14.0. The number of fused-ring (bicyclic) bond motifs is 6. The summed E-state index contributed by atoms with van der Waals surface area (Å²) in [4.78, 5) is 6.19. The van der Waals surface area contributed by atoms with Crippen LogP contribution in [0.4, 0.5) is 22.7 Å². The molecule has 88 heavy (non-hydrogen) atoms. The lowest BCUT2D eigenvalue weighted by Gasteiger charge is -2.34. The van der Waals surface area contributed by atoms with E-state index < -0.39 is 16.1 Å². The zero-order chi connectivity index (χ0) is 59.2. The highest BCUT2D eigenvalue weighted by atomic mass is 28.3. The minimum absolute atomic E-state index is 0.602. The van der Waals surface area contributed by atoms with Gasteiger partial charge in [-0.2, -0.15) is 5.26 Å². The second kappa shape index (κ2) is 22.3. The van der Waals surface area contributed by atoms with Gasteiger partial charge in [0.15, 0.2) is 21.8 Å². The van der Waals surface area contributed by atoms with Crippen LogP contribution in [0.1, 0.15) is 11.1 Å². The van der Waals surface area contributed by atoms with E-state index in [2.05, 4.69) is 335 Å². The average molecular weight is 1160 g/mol. The van der Waals surface area contributed by atoms with E-state index in [4.69, 9.17) is 6.57 Å². The first-order valence-electron chi connectivity index (χ1n) is 29.8. The maximum absolute atomic E-state index is 9.97. The molecule has 7 heteroatoms. The maximum Gasteiger partial charge on any atom is 0.187 e. The molecule has 0 aliphatic heterocycles. The highest BCUT2D eigenvalue weighted by Crippen LogP contribution is 2.43. The van der Waals surface area contributed by atoms with Gasteiger partial charge >= 0.3 is 0 Å². The van der Waals surface area contributed by atoms with Crippen molar-refractivity contribution < 1.29 is 0 Å². The number of hydrogen-bond donors (Lipinski definition) is 0. The third kappa shape index (κ3) is 8.80. The molecule has 0 atom stereocenters. The number of aromatic nitrogens is 2. The van der Waals surface area contributed by atoms with Crippen LogP contribution in [0.3, 0.4) is 0 Å². The molecule has 414 valence electrons. The van der Waals surface area contributed by atoms with Gasteiger partial charge in [0, 0.05) is 50.0 Å². The third-order valence-electron chi connectivity index (χ3n) is 17.9. The van der Waals surface area contributed by atoms with E-state index in [1.807, 2.05) is 24.3 Å². The number of nitrogens with zero attached hydrogens (tertiary/aromatic N) is 5. The maximum atomic E-state index is 9.97. The Labute approximate surface area is 514 Å². The molecule has 15 aromatic rings. The topological polar surface area (TPSA) is 41.2 Å². The Morgan fingerprint density at radius 1 is 0.330 bits per heavy atom. The molecule has 0 aliphatic carbocycles. The molecular formula is C81H57N5Si2. The Hall–Kier alpha value is -11.3. The Morgan fingerprint density at radius 2 is 0.636 bits per heavy atom. The van der Waals surface area contributed by atoms with E-state index in [1.165, 1.54) is 47.1 Å². The number of nitriles is 1. The van der Waals surface area contributed by atoms with Crippen LogP contribution in [-0.4, -0.2) is 25.3 Å². The molecule has 0 spiro atoms. The first-order chi connectivity index (χ1) is 43.4. The van der Waals surface area contributed by atoms with Crippen molar-refractivity contribution in [2.75, 3.05) is 4.90 Å². The smallest absolute Gasteiger partial charge is 0.187 e. The van der Waals surface area contributed by atoms with Crippen LogP contribution in [0.5, 0.6) is 0 Å². The highest BCUT2D eigenvalue weighted by Gasteiger charge is 2.43. The monoisotopic (exact) mass is 1160 g/mol. The van der Waals surface area contributed by atoms with E-state index in [9.17, 15) is 5.26 Å². The largest absolute Gasteiger partial charge is 0.310 e. The minimum atomic E-state index is -2.95. The van der Waals surface area contributed by atoms with Gasteiger partial charge in [-0.3, -0.25) is 0 Å². The average Bonchev–Trinajstić information content (AvgIpc) is 1.89. The SMILES string of the molecule is [C-]#[N+]c1ccc(-n2c3ccc(N(c4ccc(C)cc4)c4ccc5c(c4)c4cc([Si](c6ccccc6)(c6ccccc6)c6ccccc6)ccc4n5-c4ccc(C#N)cc4)cc3c3cc([Si](c4ccccc4)(c4ccccc4)c4ccccc4)ccc32)cc1. The highest BCUT2D eigenvalue weighted by molar-refractivity contribution is 7.20. The molecule has 2 heterocycles. The predicted molar refractivity (Wildman–Crippen MR) is 373 cm³/mol. The number of hydrogen-bond acceptors (Lipinski definition) is 2. The zero-order valence-electron chi connectivity index (χ0n) is 48.4. The van der Waals surface area contributed by atoms with Gasteiger partial charge in [0.05, 0.1) is 40.3 Å². The summed E-state index contributed by atoms with van der Waals surface area (Å²) in [6.07, 6.45) is 0. The van der Waals surface area contributed by atoms with Crippen LogP contribution in [-0.2, 0) is 0 Å². The first-order valence-corrected chi connectivity index (χ1v) is 33.8. The van der Waals surface area contributed by atoms with Gasteiger partial charge in [0.1, 0.15) is 0 Å². The molecule has 0 saturated carbocycles. The Kier molecular flexibility index (Phi) is 13.5. The van der Waals surface area contributed by atoms with Gasteiger partial charge in [-0.05, 0) is 145 Å². The zero-order valence-corrected chi connectivity index (χ0v) is 50.4. The van der Waals surface area contributed by atoms with Crippen LogP contribution in [0.15, 0.2) is 328 Å². The van der Waals surface area contributed by atoms with Crippen molar-refractivity contribution >= 4 is 124 Å². The summed E-state index contributed by atoms with van der Waals surface area (Å²) in [5.74, 6) is 0. The lowest BCUT2D eigenvalue weighted by molar-refractivity contribution is 1.18. The van der Waals surface area contributed by atoms with Crippen LogP contribution >= 0.6 is 0 Å². The van der Waals surface area contributed by atoms with Gasteiger partial charge in [-0.15, -0.1) is 0 Å². The molecule has 0 saturated heterocycles. The first kappa shape index (κ1) is 53.4. The molecule has 0 fully saturated rings. The normalized spacial score (nSPS) is 11.7. The Bertz CT molecular complexity index is 4630. The van der Waals surface area contributed by atoms with E-state index in [-0.39, 0.29) is 0 Å². The predicted octanol–water partition coefficient (Wildman–Crippen LogP) is 14.8. The second-order valence-corrected chi connectivity index (χ2v) is 30.3. The summed E-state index contributed by atoms with van der Waals surface area (Å²) in [5, 5.41) is 24.9. The summed E-state index contributed by atoms with van der Waals surface area (Å²) in [6, 6.07) is 122. The van der Waals surface area contributed by atoms with Gasteiger partial charge in [-0.1, -0.05) is 236 Å². The van der Waals surface area contributed by atoms with Gasteiger partial charge in [0.25, 0.3) is 0 Å². The third-order valence-corrected chi connectivity index (χ3v) is 27.5. The van der Waals surface area contributed by atoms with Crippen molar-refractivity contribution in [1.29, 1.82) is 5.26 Å². The summed E-state index contributed by atoms with van der Waals surface area (Å²) in [7, 11) is -5.90. The summed E-state index contributed by atoms with van der Waals surface area (Å²) < 4.78 is 4.73. The number of benzene rings is 13. The molecule has 0 unspecified atom stereocenters. The summed E-state index contributed by atoms with van der Waals surface area (Å²) in [5.41, 5.74) is 11.7. The van der Waals surface area contributed by atoms with Gasteiger partial charge in [-0.25, -0.2) is 4.85 Å². The molecular weight excluding hydrogens is 1100 g/mol. The quantitative estimate of drug-likeness (QED) is 0.0656. The minimum Gasteiger partial charge on any atom is -0.310 e. The van der Waals surface area contributed by atoms with Crippen LogP contribution < -0.4 is 46.4 Å². The molecule has 0 amide bonds. The van der Waals surface area contributed by atoms with Crippen molar-refractivity contribution in [2.45, 2.75) is 6.92 Å². The Balaban J connectivity index is 1.00. The van der Waals surface area contributed by atoms with Crippen LogP contribution in [0, 0.1) is 24.8 Å². The lowest BCUT2D eigenvalue weighted by atomic mass is 10.1. The van der Waals surface area contributed by atoms with Crippen molar-refractivity contribution in [3.8, 4) is 17.4 Å². The van der Waals surface area contributed by atoms with Crippen molar-refractivity contribution in [1.82, 2.24) is 9.13 Å². The molecule has 0 bridgehead atoms. The molecule has 0 radical (unpaired) electrons. The summed E-state index contributed by atoms with van der Waals surface area (Å²) >= 11 is 0. The fraction of sp³-hybridized carbons (Fsp3) is 0.0123. The molecule has 15 rings (SSSR count). The van der Waals surface area contributed by atoms with Gasteiger partial charge in [0.2, 0.25) is 0 Å². The second-order valence-electron chi connectivity index (χ2n) is 22.7. The molecule has 0 aliphatic rings. The van der Waals surface area contributed by atoms with Crippen molar-refractivity contribution in [3.63, 3.8) is 0 Å². The fourth-order valence-corrected chi connectivity index (χ4v) is 23.5. The standard InChI is InChI=1S/C81H57N5Si2/c1-58-33-39-61(40-34-58)84(64-45-49-78-74(53-64)76-55-72(47-51-80(76)85(78)62-41-35-59(57-82)36-42-62)87(66-21-9-3-10-22-66,67-23-11-4-12-24-67)68-25-13-5-14-26-68)65-46-50-79-75(54-65)77-56-73(48-52-81(77)86(79)63-43-37-60(83-2)38-44-63)88(69-27-15-6-16-28-69,70-29-17-7-18-30-70)71-31-19-8-20-32-71/h3-56H,1H3.